The SMILES string of the molecule is Cc1nc2c(ccn2CC2C=C(F)C(F)=CC2)c(-c2ccc3c(c2)CCCO3)c1CO. The van der Waals surface area contributed by atoms with Gasteiger partial charge >= 0.3 is 0 Å². The molecule has 2 aliphatic rings. The quantitative estimate of drug-likeness (QED) is 0.599. The van der Waals surface area contributed by atoms with E-state index in [2.05, 4.69) is 6.07 Å². The molecule has 0 fully saturated rings. The maximum absolute atomic E-state index is 13.7. The number of ether oxygens (including phenoxy) is 1. The van der Waals surface area contributed by atoms with Crippen LogP contribution in [0.3, 0.4) is 0 Å². The molecule has 160 valence electrons. The molecule has 0 bridgehead atoms. The number of nitrogens with zero attached hydrogens (tertiary/aromatic N) is 2. The molecule has 3 aromatic rings. The average Bonchev–Trinajstić information content (AvgIpc) is 3.17. The van der Waals surface area contributed by atoms with E-state index in [4.69, 9.17) is 9.72 Å². The lowest BCUT2D eigenvalue weighted by atomic mass is 9.93. The molecule has 1 unspecified atom stereocenters. The highest BCUT2D eigenvalue weighted by Crippen LogP contribution is 2.37. The minimum atomic E-state index is -0.795. The van der Waals surface area contributed by atoms with Crippen LogP contribution in [0.25, 0.3) is 22.2 Å². The predicted octanol–water partition coefficient (Wildman–Crippen LogP) is 5.56. The number of rotatable bonds is 4. The van der Waals surface area contributed by atoms with Gasteiger partial charge in [-0.3, -0.25) is 0 Å². The molecule has 0 amide bonds. The predicted molar refractivity (Wildman–Crippen MR) is 116 cm³/mol. The highest BCUT2D eigenvalue weighted by atomic mass is 19.2. The van der Waals surface area contributed by atoms with E-state index in [1.807, 2.05) is 35.9 Å². The van der Waals surface area contributed by atoms with Crippen LogP contribution in [0.4, 0.5) is 8.78 Å². The number of pyridine rings is 1. The van der Waals surface area contributed by atoms with Crippen molar-refractivity contribution in [3.63, 3.8) is 0 Å². The zero-order chi connectivity index (χ0) is 21.5. The lowest BCUT2D eigenvalue weighted by Crippen LogP contribution is -2.11. The van der Waals surface area contributed by atoms with Gasteiger partial charge < -0.3 is 14.4 Å². The van der Waals surface area contributed by atoms with Crippen LogP contribution in [0.2, 0.25) is 0 Å². The summed E-state index contributed by atoms with van der Waals surface area (Å²) in [6, 6.07) is 8.17. The Kier molecular flexibility index (Phi) is 5.10. The van der Waals surface area contributed by atoms with Gasteiger partial charge in [0, 0.05) is 35.3 Å². The van der Waals surface area contributed by atoms with E-state index >= 15 is 0 Å². The van der Waals surface area contributed by atoms with Crippen LogP contribution in [0, 0.1) is 12.8 Å². The zero-order valence-electron chi connectivity index (χ0n) is 17.4. The second-order valence-corrected chi connectivity index (χ2v) is 8.25. The fourth-order valence-electron chi connectivity index (χ4n) is 4.63. The summed E-state index contributed by atoms with van der Waals surface area (Å²) in [4.78, 5) is 4.75. The number of aryl methyl sites for hydroxylation is 2. The summed E-state index contributed by atoms with van der Waals surface area (Å²) >= 11 is 0. The molecular weight excluding hydrogens is 398 g/mol. The summed E-state index contributed by atoms with van der Waals surface area (Å²) < 4.78 is 34.8. The lowest BCUT2D eigenvalue weighted by molar-refractivity contribution is 0.281. The van der Waals surface area contributed by atoms with Crippen molar-refractivity contribution in [2.24, 2.45) is 5.92 Å². The second kappa shape index (κ2) is 7.93. The molecule has 1 atom stereocenters. The van der Waals surface area contributed by atoms with Gasteiger partial charge in [0.15, 0.2) is 11.7 Å². The largest absolute Gasteiger partial charge is 0.493 e. The first-order valence-electron chi connectivity index (χ1n) is 10.6. The number of hydrogen-bond acceptors (Lipinski definition) is 3. The van der Waals surface area contributed by atoms with Crippen molar-refractivity contribution < 1.29 is 18.6 Å². The Bertz CT molecular complexity index is 1230. The molecule has 2 aromatic heterocycles. The normalized spacial score (nSPS) is 18.4. The molecule has 0 radical (unpaired) electrons. The van der Waals surface area contributed by atoms with Crippen LogP contribution in [0.5, 0.6) is 5.75 Å². The topological polar surface area (TPSA) is 47.3 Å². The third-order valence-electron chi connectivity index (χ3n) is 6.21. The van der Waals surface area contributed by atoms with Crippen LogP contribution < -0.4 is 4.74 Å². The number of hydrogen-bond donors (Lipinski definition) is 1. The Morgan fingerprint density at radius 1 is 1.23 bits per heavy atom. The van der Waals surface area contributed by atoms with Crippen molar-refractivity contribution in [1.29, 1.82) is 0 Å². The molecular formula is C25H24F2N2O2. The molecule has 31 heavy (non-hydrogen) atoms. The van der Waals surface area contributed by atoms with Crippen LogP contribution in [0.1, 0.15) is 29.7 Å². The second-order valence-electron chi connectivity index (χ2n) is 8.25. The smallest absolute Gasteiger partial charge is 0.154 e. The molecule has 1 aliphatic heterocycles. The number of benzene rings is 1. The molecule has 0 saturated carbocycles. The summed E-state index contributed by atoms with van der Waals surface area (Å²) in [6.07, 6.45) is 6.99. The van der Waals surface area contributed by atoms with Crippen molar-refractivity contribution in [3.8, 4) is 16.9 Å². The van der Waals surface area contributed by atoms with E-state index in [-0.39, 0.29) is 12.5 Å². The van der Waals surface area contributed by atoms with E-state index in [0.717, 1.165) is 58.6 Å². The molecule has 0 spiro atoms. The summed E-state index contributed by atoms with van der Waals surface area (Å²) in [5.41, 5.74) is 5.50. The number of halogens is 2. The standard InChI is InChI=1S/C25H24F2N2O2/c1-15-20(14-30)24(18-5-7-23-17(12-18)3-2-10-31-23)19-8-9-29(25(19)28-15)13-16-4-6-21(26)22(27)11-16/h5-9,11-12,16,30H,2-4,10,13-14H2,1H3. The summed E-state index contributed by atoms with van der Waals surface area (Å²) in [7, 11) is 0. The minimum Gasteiger partial charge on any atom is -0.493 e. The van der Waals surface area contributed by atoms with Crippen molar-refractivity contribution in [3.05, 3.63) is 71.1 Å². The van der Waals surface area contributed by atoms with Gasteiger partial charge in [-0.2, -0.15) is 0 Å². The van der Waals surface area contributed by atoms with Gasteiger partial charge in [0.1, 0.15) is 11.4 Å². The minimum absolute atomic E-state index is 0.108. The maximum atomic E-state index is 13.7. The summed E-state index contributed by atoms with van der Waals surface area (Å²) in [5, 5.41) is 11.1. The maximum Gasteiger partial charge on any atom is 0.154 e. The van der Waals surface area contributed by atoms with E-state index in [0.29, 0.717) is 13.0 Å². The van der Waals surface area contributed by atoms with Crippen LogP contribution in [-0.4, -0.2) is 21.3 Å². The van der Waals surface area contributed by atoms with Crippen LogP contribution in [0.15, 0.2) is 54.3 Å². The zero-order valence-corrected chi connectivity index (χ0v) is 17.4. The molecule has 0 saturated heterocycles. The fraction of sp³-hybridized carbons (Fsp3) is 0.320. The first-order chi connectivity index (χ1) is 15.0. The molecule has 6 heteroatoms. The number of allylic oxidation sites excluding steroid dienone is 4. The third kappa shape index (κ3) is 3.55. The van der Waals surface area contributed by atoms with Crippen molar-refractivity contribution in [2.45, 2.75) is 39.3 Å². The Morgan fingerprint density at radius 2 is 2.10 bits per heavy atom. The molecule has 3 heterocycles. The Hall–Kier alpha value is -2.99. The van der Waals surface area contributed by atoms with Crippen LogP contribution >= 0.6 is 0 Å². The van der Waals surface area contributed by atoms with Gasteiger partial charge in [-0.15, -0.1) is 0 Å². The summed E-state index contributed by atoms with van der Waals surface area (Å²) in [5.74, 6) is -0.796. The van der Waals surface area contributed by atoms with E-state index in [9.17, 15) is 13.9 Å². The van der Waals surface area contributed by atoms with Crippen LogP contribution in [-0.2, 0) is 19.6 Å². The van der Waals surface area contributed by atoms with Crippen molar-refractivity contribution in [1.82, 2.24) is 9.55 Å². The molecule has 5 rings (SSSR count). The fourth-order valence-corrected chi connectivity index (χ4v) is 4.63. The highest BCUT2D eigenvalue weighted by molar-refractivity contribution is 5.96. The monoisotopic (exact) mass is 422 g/mol. The molecule has 4 nitrogen and oxygen atoms in total. The average molecular weight is 422 g/mol. The van der Waals surface area contributed by atoms with Crippen molar-refractivity contribution in [2.75, 3.05) is 6.61 Å². The molecule has 1 N–H and O–H groups in total. The lowest BCUT2D eigenvalue weighted by Gasteiger charge is -2.20. The molecule has 1 aliphatic carbocycles. The van der Waals surface area contributed by atoms with Gasteiger partial charge in [0.25, 0.3) is 0 Å². The van der Waals surface area contributed by atoms with E-state index in [1.165, 1.54) is 17.7 Å². The number of aromatic nitrogens is 2. The summed E-state index contributed by atoms with van der Waals surface area (Å²) in [6.45, 7) is 3.03. The number of fused-ring (bicyclic) bond motifs is 2. The Morgan fingerprint density at radius 3 is 2.90 bits per heavy atom. The number of aliphatic hydroxyl groups excluding tert-OH is 1. The van der Waals surface area contributed by atoms with Gasteiger partial charge in [0.2, 0.25) is 0 Å². The van der Waals surface area contributed by atoms with Gasteiger partial charge in [-0.25, -0.2) is 13.8 Å². The Balaban J connectivity index is 1.60. The van der Waals surface area contributed by atoms with Crippen molar-refractivity contribution >= 4 is 11.0 Å². The van der Waals surface area contributed by atoms with E-state index < -0.39 is 11.7 Å². The highest BCUT2D eigenvalue weighted by Gasteiger charge is 2.21. The first kappa shape index (κ1) is 19.9. The number of aliphatic hydroxyl groups is 1. The van der Waals surface area contributed by atoms with E-state index in [1.54, 1.807) is 0 Å². The third-order valence-corrected chi connectivity index (χ3v) is 6.21. The van der Waals surface area contributed by atoms with Gasteiger partial charge in [0.05, 0.1) is 13.2 Å². The Labute approximate surface area is 179 Å². The van der Waals surface area contributed by atoms with Gasteiger partial charge in [-0.1, -0.05) is 6.07 Å². The van der Waals surface area contributed by atoms with Gasteiger partial charge in [-0.05, 0) is 73.2 Å². The first-order valence-corrected chi connectivity index (χ1v) is 10.6. The molecule has 1 aromatic carbocycles.